The maximum Gasteiger partial charge on any atom is 0.144 e. The number of halogens is 1. The third-order valence-corrected chi connectivity index (χ3v) is 6.30. The smallest absolute Gasteiger partial charge is 0.144 e. The molecule has 0 heterocycles. The predicted octanol–water partition coefficient (Wildman–Crippen LogP) is 8.37. The zero-order valence-electron chi connectivity index (χ0n) is 19.5. The van der Waals surface area contributed by atoms with Crippen LogP contribution in [0.1, 0.15) is 11.1 Å². The molecule has 0 aliphatic rings. The molecule has 0 saturated heterocycles. The highest BCUT2D eigenvalue weighted by Gasteiger charge is 2.12. The van der Waals surface area contributed by atoms with Gasteiger partial charge in [-0.3, -0.25) is 0 Å². The third kappa shape index (κ3) is 5.10. The molecule has 4 heteroatoms. The van der Waals surface area contributed by atoms with Crippen LogP contribution < -0.4 is 10.5 Å². The van der Waals surface area contributed by atoms with Crippen LogP contribution in [0.4, 0.5) is 5.69 Å². The molecular weight excluding hydrogens is 464 g/mol. The van der Waals surface area contributed by atoms with Gasteiger partial charge < -0.3 is 10.5 Å². The Labute approximate surface area is 216 Å². The van der Waals surface area contributed by atoms with Gasteiger partial charge in [0.15, 0.2) is 0 Å². The zero-order chi connectivity index (χ0) is 24.9. The summed E-state index contributed by atoms with van der Waals surface area (Å²) < 4.78 is 6.09. The van der Waals surface area contributed by atoms with Crippen molar-refractivity contribution in [3.8, 4) is 45.2 Å². The number of nitrogen functional groups attached to an aromatic ring is 1. The van der Waals surface area contributed by atoms with E-state index in [9.17, 15) is 5.26 Å². The van der Waals surface area contributed by atoms with Gasteiger partial charge in [-0.05, 0) is 51.6 Å². The molecule has 36 heavy (non-hydrogen) atoms. The van der Waals surface area contributed by atoms with E-state index >= 15 is 0 Å². The minimum absolute atomic E-state index is 0.382. The highest BCUT2D eigenvalue weighted by Crippen LogP contribution is 2.38. The van der Waals surface area contributed by atoms with E-state index < -0.39 is 0 Å². The van der Waals surface area contributed by atoms with E-state index in [1.165, 1.54) is 5.56 Å². The summed E-state index contributed by atoms with van der Waals surface area (Å²) in [6.45, 7) is 0.382. The molecule has 174 valence electrons. The summed E-state index contributed by atoms with van der Waals surface area (Å²) in [5.74, 6) is 0.551. The number of anilines is 1. The van der Waals surface area contributed by atoms with Crippen LogP contribution in [-0.4, -0.2) is 0 Å². The summed E-state index contributed by atoms with van der Waals surface area (Å²) in [7, 11) is 0. The van der Waals surface area contributed by atoms with Crippen molar-refractivity contribution in [2.24, 2.45) is 0 Å². The van der Waals surface area contributed by atoms with Gasteiger partial charge in [-0.2, -0.15) is 5.26 Å². The van der Waals surface area contributed by atoms with E-state index in [0.29, 0.717) is 28.6 Å². The van der Waals surface area contributed by atoms with Crippen LogP contribution in [-0.2, 0) is 6.61 Å². The molecule has 3 nitrogen and oxygen atoms in total. The van der Waals surface area contributed by atoms with E-state index in [4.69, 9.17) is 22.1 Å². The number of ether oxygens (including phenoxy) is 1. The van der Waals surface area contributed by atoms with Crippen molar-refractivity contribution < 1.29 is 4.74 Å². The molecule has 5 aromatic carbocycles. The van der Waals surface area contributed by atoms with Crippen LogP contribution in [0.15, 0.2) is 115 Å². The second-order valence-electron chi connectivity index (χ2n) is 8.49. The van der Waals surface area contributed by atoms with Gasteiger partial charge in [-0.1, -0.05) is 103 Å². The van der Waals surface area contributed by atoms with Crippen LogP contribution >= 0.6 is 11.6 Å². The lowest BCUT2D eigenvalue weighted by atomic mass is 9.98. The van der Waals surface area contributed by atoms with E-state index in [0.717, 1.165) is 33.4 Å². The lowest BCUT2D eigenvalue weighted by Gasteiger charge is -2.14. The molecule has 0 aliphatic heterocycles. The second kappa shape index (κ2) is 10.4. The highest BCUT2D eigenvalue weighted by molar-refractivity contribution is 6.31. The Hall–Kier alpha value is -4.52. The maximum atomic E-state index is 9.17. The number of hydrogen-bond donors (Lipinski definition) is 1. The maximum absolute atomic E-state index is 9.17. The van der Waals surface area contributed by atoms with Gasteiger partial charge in [-0.15, -0.1) is 0 Å². The molecule has 0 spiro atoms. The lowest BCUT2D eigenvalue weighted by molar-refractivity contribution is 0.308. The van der Waals surface area contributed by atoms with Gasteiger partial charge in [0, 0.05) is 16.7 Å². The molecule has 0 aliphatic carbocycles. The van der Waals surface area contributed by atoms with Gasteiger partial charge in [0.05, 0.1) is 17.3 Å². The minimum Gasteiger partial charge on any atom is -0.487 e. The van der Waals surface area contributed by atoms with Crippen molar-refractivity contribution in [2.75, 3.05) is 5.73 Å². The first-order chi connectivity index (χ1) is 17.6. The number of rotatable bonds is 6. The Morgan fingerprint density at radius 2 is 1.28 bits per heavy atom. The van der Waals surface area contributed by atoms with Gasteiger partial charge in [-0.25, -0.2) is 0 Å². The molecule has 0 amide bonds. The largest absolute Gasteiger partial charge is 0.487 e. The highest BCUT2D eigenvalue weighted by atomic mass is 35.5. The van der Waals surface area contributed by atoms with Gasteiger partial charge in [0.25, 0.3) is 0 Å². The molecular formula is C32H23ClN2O. The van der Waals surface area contributed by atoms with E-state index in [-0.39, 0.29) is 0 Å². The fraction of sp³-hybridized carbons (Fsp3) is 0.0312. The quantitative estimate of drug-likeness (QED) is 0.245. The van der Waals surface area contributed by atoms with Crippen LogP contribution in [0, 0.1) is 11.3 Å². The number of nitrogens with two attached hydrogens (primary N) is 1. The van der Waals surface area contributed by atoms with Crippen molar-refractivity contribution in [3.63, 3.8) is 0 Å². The molecule has 5 rings (SSSR count). The van der Waals surface area contributed by atoms with Crippen LogP contribution in [0.2, 0.25) is 5.02 Å². The Balaban J connectivity index is 1.34. The molecule has 0 atom stereocenters. The van der Waals surface area contributed by atoms with E-state index in [1.807, 2.05) is 66.7 Å². The van der Waals surface area contributed by atoms with Crippen molar-refractivity contribution >= 4 is 17.3 Å². The summed E-state index contributed by atoms with van der Waals surface area (Å²) in [4.78, 5) is 0. The summed E-state index contributed by atoms with van der Waals surface area (Å²) in [6, 6.07) is 39.9. The predicted molar refractivity (Wildman–Crippen MR) is 148 cm³/mol. The van der Waals surface area contributed by atoms with Crippen molar-refractivity contribution in [2.45, 2.75) is 6.61 Å². The van der Waals surface area contributed by atoms with Crippen molar-refractivity contribution in [1.82, 2.24) is 0 Å². The Bertz CT molecular complexity index is 1540. The molecule has 0 radical (unpaired) electrons. The normalized spacial score (nSPS) is 10.6. The van der Waals surface area contributed by atoms with Gasteiger partial charge in [0.2, 0.25) is 0 Å². The molecule has 0 unspecified atom stereocenters. The number of hydrogen-bond acceptors (Lipinski definition) is 3. The Morgan fingerprint density at radius 3 is 2.00 bits per heavy atom. The van der Waals surface area contributed by atoms with E-state index in [2.05, 4.69) is 42.5 Å². The summed E-state index contributed by atoms with van der Waals surface area (Å²) in [5, 5.41) is 9.73. The minimum atomic E-state index is 0.382. The number of nitrogens with zero attached hydrogens (tertiary/aromatic N) is 1. The molecule has 2 N–H and O–H groups in total. The molecule has 0 bridgehead atoms. The first-order valence-corrected chi connectivity index (χ1v) is 12.0. The fourth-order valence-corrected chi connectivity index (χ4v) is 4.36. The summed E-state index contributed by atoms with van der Waals surface area (Å²) in [6.07, 6.45) is 0. The zero-order valence-corrected chi connectivity index (χ0v) is 20.2. The summed E-state index contributed by atoms with van der Waals surface area (Å²) >= 11 is 6.44. The summed E-state index contributed by atoms with van der Waals surface area (Å²) in [5.41, 5.74) is 14.8. The average Bonchev–Trinajstić information content (AvgIpc) is 2.94. The second-order valence-corrected chi connectivity index (χ2v) is 8.92. The average molecular weight is 487 g/mol. The van der Waals surface area contributed by atoms with Crippen LogP contribution in [0.25, 0.3) is 33.4 Å². The molecule has 0 saturated carbocycles. The molecule has 0 aromatic heterocycles. The standard InChI is InChI=1S/C32H23ClN2O/c33-29-18-30(27-15-13-26(14-16-27)28-8-4-5-23(17-28)20-34)32(35)31(19-29)36-21-22-9-11-25(12-10-22)24-6-2-1-3-7-24/h1-19H,21,35H2. The van der Waals surface area contributed by atoms with Crippen molar-refractivity contribution in [1.29, 1.82) is 5.26 Å². The number of nitriles is 1. The Kier molecular flexibility index (Phi) is 6.71. The first kappa shape index (κ1) is 23.2. The van der Waals surface area contributed by atoms with Gasteiger partial charge >= 0.3 is 0 Å². The lowest BCUT2D eigenvalue weighted by Crippen LogP contribution is -2.00. The van der Waals surface area contributed by atoms with E-state index in [1.54, 1.807) is 12.1 Å². The number of benzene rings is 5. The fourth-order valence-electron chi connectivity index (χ4n) is 4.15. The monoisotopic (exact) mass is 486 g/mol. The van der Waals surface area contributed by atoms with Crippen LogP contribution in [0.3, 0.4) is 0 Å². The molecule has 0 fully saturated rings. The van der Waals surface area contributed by atoms with Crippen LogP contribution in [0.5, 0.6) is 5.75 Å². The SMILES string of the molecule is N#Cc1cccc(-c2ccc(-c3cc(Cl)cc(OCc4ccc(-c5ccccc5)cc4)c3N)cc2)c1. The van der Waals surface area contributed by atoms with Gasteiger partial charge in [0.1, 0.15) is 12.4 Å². The Morgan fingerprint density at radius 1 is 0.667 bits per heavy atom. The first-order valence-electron chi connectivity index (χ1n) is 11.6. The third-order valence-electron chi connectivity index (χ3n) is 6.08. The topological polar surface area (TPSA) is 59.0 Å². The molecule has 5 aromatic rings. The van der Waals surface area contributed by atoms with Crippen molar-refractivity contribution in [3.05, 3.63) is 131 Å².